The molecule has 0 bridgehead atoms. The highest BCUT2D eigenvalue weighted by Crippen LogP contribution is 2.50. The molecule has 0 saturated heterocycles. The van der Waals surface area contributed by atoms with Gasteiger partial charge in [0.2, 0.25) is 0 Å². The third kappa shape index (κ3) is 2.69. The molecule has 1 aromatic heterocycles. The van der Waals surface area contributed by atoms with Crippen LogP contribution in [0.1, 0.15) is 41.9 Å². The summed E-state index contributed by atoms with van der Waals surface area (Å²) in [7, 11) is 1.87. The zero-order chi connectivity index (χ0) is 20.1. The first-order valence-corrected chi connectivity index (χ1v) is 9.18. The second kappa shape index (κ2) is 6.67. The van der Waals surface area contributed by atoms with Gasteiger partial charge in [0.25, 0.3) is 5.91 Å². The molecule has 7 heteroatoms. The van der Waals surface area contributed by atoms with Crippen molar-refractivity contribution < 1.29 is 18.8 Å². The first-order valence-electron chi connectivity index (χ1n) is 9.18. The van der Waals surface area contributed by atoms with E-state index in [1.807, 2.05) is 19.2 Å². The topological polar surface area (TPSA) is 67.2 Å². The number of nitrogens with one attached hydrogen (secondary N) is 1. The first-order chi connectivity index (χ1) is 13.4. The van der Waals surface area contributed by atoms with Crippen LogP contribution in [0.5, 0.6) is 0 Å². The van der Waals surface area contributed by atoms with Crippen molar-refractivity contribution in [1.29, 1.82) is 0 Å². The number of halogens is 2. The molecule has 2 unspecified atom stereocenters. The Morgan fingerprint density at radius 2 is 2.11 bits per heavy atom. The van der Waals surface area contributed by atoms with Crippen LogP contribution in [0.2, 0.25) is 0 Å². The minimum Gasteiger partial charge on any atom is -0.289 e. The molecular weight excluding hydrogens is 364 g/mol. The first kappa shape index (κ1) is 18.6. The molecule has 2 N–H and O–H groups in total. The minimum atomic E-state index is -1.11. The zero-order valence-corrected chi connectivity index (χ0v) is 15.7. The number of benzene rings is 2. The molecule has 0 spiro atoms. The van der Waals surface area contributed by atoms with Crippen molar-refractivity contribution in [2.75, 3.05) is 0 Å². The fraction of sp³-hybridized carbons (Fsp3) is 0.333. The molecule has 146 valence electrons. The van der Waals surface area contributed by atoms with Gasteiger partial charge in [-0.15, -0.1) is 0 Å². The lowest BCUT2D eigenvalue weighted by Crippen LogP contribution is -2.42. The molecule has 1 aliphatic carbocycles. The smallest absolute Gasteiger partial charge is 0.254 e. The Bertz CT molecular complexity index is 1080. The van der Waals surface area contributed by atoms with Gasteiger partial charge < -0.3 is 0 Å². The van der Waals surface area contributed by atoms with Crippen molar-refractivity contribution in [2.45, 2.75) is 37.5 Å². The summed E-state index contributed by atoms with van der Waals surface area (Å²) in [5.41, 5.74) is 3.21. The third-order valence-corrected chi connectivity index (χ3v) is 6.15. The van der Waals surface area contributed by atoms with Gasteiger partial charge in [0.05, 0.1) is 17.1 Å². The highest BCUT2D eigenvalue weighted by atomic mass is 19.2. The Balaban J connectivity index is 1.77. The van der Waals surface area contributed by atoms with E-state index in [-0.39, 0.29) is 11.5 Å². The Labute approximate surface area is 160 Å². The van der Waals surface area contributed by atoms with E-state index in [4.69, 9.17) is 0 Å². The van der Waals surface area contributed by atoms with Crippen LogP contribution >= 0.6 is 0 Å². The molecule has 0 aliphatic heterocycles. The maximum absolute atomic E-state index is 14.2. The van der Waals surface area contributed by atoms with Crippen LogP contribution in [0.25, 0.3) is 10.9 Å². The number of hydrogen-bond acceptors (Lipinski definition) is 3. The van der Waals surface area contributed by atoms with Gasteiger partial charge in [0.15, 0.2) is 11.6 Å². The summed E-state index contributed by atoms with van der Waals surface area (Å²) in [5, 5.41) is 14.6. The molecule has 0 radical (unpaired) electrons. The SMILES string of the molecule is Cc1c(C2(C(=O)NO)CCC(c3ccc4cnn(C)c4c3)C2)ccc(F)c1F. The van der Waals surface area contributed by atoms with E-state index in [0.29, 0.717) is 24.8 Å². The predicted octanol–water partition coefficient (Wildman–Crippen LogP) is 3.87. The van der Waals surface area contributed by atoms with Gasteiger partial charge in [-0.05, 0) is 60.9 Å². The zero-order valence-electron chi connectivity index (χ0n) is 15.7. The molecule has 5 nitrogen and oxygen atoms in total. The van der Waals surface area contributed by atoms with Crippen LogP contribution in [0.3, 0.4) is 0 Å². The predicted molar refractivity (Wildman–Crippen MR) is 100 cm³/mol. The summed E-state index contributed by atoms with van der Waals surface area (Å²) >= 11 is 0. The number of hydrogen-bond donors (Lipinski definition) is 2. The third-order valence-electron chi connectivity index (χ3n) is 6.15. The van der Waals surface area contributed by atoms with Gasteiger partial charge in [-0.3, -0.25) is 14.7 Å². The summed E-state index contributed by atoms with van der Waals surface area (Å²) in [4.78, 5) is 12.7. The van der Waals surface area contributed by atoms with Crippen LogP contribution in [0.4, 0.5) is 8.78 Å². The average Bonchev–Trinajstić information content (AvgIpc) is 3.30. The second-order valence-corrected chi connectivity index (χ2v) is 7.58. The van der Waals surface area contributed by atoms with Crippen LogP contribution < -0.4 is 5.48 Å². The largest absolute Gasteiger partial charge is 0.289 e. The average molecular weight is 385 g/mol. The van der Waals surface area contributed by atoms with E-state index < -0.39 is 23.0 Å². The Kier molecular flexibility index (Phi) is 4.42. The second-order valence-electron chi connectivity index (χ2n) is 7.58. The van der Waals surface area contributed by atoms with Crippen molar-refractivity contribution in [3.8, 4) is 0 Å². The Morgan fingerprint density at radius 1 is 1.32 bits per heavy atom. The maximum Gasteiger partial charge on any atom is 0.254 e. The van der Waals surface area contributed by atoms with Crippen LogP contribution in [0.15, 0.2) is 36.5 Å². The van der Waals surface area contributed by atoms with E-state index in [0.717, 1.165) is 22.5 Å². The number of aromatic nitrogens is 2. The number of aryl methyl sites for hydroxylation is 1. The van der Waals surface area contributed by atoms with E-state index in [9.17, 15) is 18.8 Å². The summed E-state index contributed by atoms with van der Waals surface area (Å²) in [6, 6.07) is 8.55. The van der Waals surface area contributed by atoms with Crippen LogP contribution in [-0.4, -0.2) is 20.9 Å². The van der Waals surface area contributed by atoms with Gasteiger partial charge >= 0.3 is 0 Å². The quantitative estimate of drug-likeness (QED) is 0.531. The van der Waals surface area contributed by atoms with E-state index >= 15 is 0 Å². The normalized spacial score (nSPS) is 22.0. The van der Waals surface area contributed by atoms with Gasteiger partial charge in [0, 0.05) is 12.4 Å². The lowest BCUT2D eigenvalue weighted by molar-refractivity contribution is -0.135. The van der Waals surface area contributed by atoms with E-state index in [1.54, 1.807) is 16.4 Å². The number of carbonyl (C=O) groups excluding carboxylic acids is 1. The standard InChI is InChI=1S/C21H21F2N3O2/c1-12-16(5-6-17(22)19(12)23)21(20(27)25-28)8-7-14(10-21)13-3-4-15-11-24-26(2)18(15)9-13/h3-6,9,11,14,28H,7-8,10H2,1-2H3,(H,25,27). The van der Waals surface area contributed by atoms with Gasteiger partial charge in [-0.2, -0.15) is 5.10 Å². The van der Waals surface area contributed by atoms with Crippen molar-refractivity contribution >= 4 is 16.8 Å². The van der Waals surface area contributed by atoms with Gasteiger partial charge in [-0.1, -0.05) is 18.2 Å². The number of hydroxylamine groups is 1. The fourth-order valence-electron chi connectivity index (χ4n) is 4.60. The molecule has 4 rings (SSSR count). The molecule has 28 heavy (non-hydrogen) atoms. The number of amides is 1. The van der Waals surface area contributed by atoms with Crippen LogP contribution in [-0.2, 0) is 17.3 Å². The van der Waals surface area contributed by atoms with Gasteiger partial charge in [0.1, 0.15) is 0 Å². The number of fused-ring (bicyclic) bond motifs is 1. The van der Waals surface area contributed by atoms with Crippen molar-refractivity contribution in [3.05, 3.63) is 64.9 Å². The molecule has 3 aromatic rings. The summed E-state index contributed by atoms with van der Waals surface area (Å²) < 4.78 is 29.6. The van der Waals surface area contributed by atoms with E-state index in [2.05, 4.69) is 11.2 Å². The molecule has 1 saturated carbocycles. The number of nitrogens with zero attached hydrogens (tertiary/aromatic N) is 2. The molecule has 1 fully saturated rings. The maximum atomic E-state index is 14.2. The highest BCUT2D eigenvalue weighted by Gasteiger charge is 2.48. The number of rotatable bonds is 3. The molecular formula is C21H21F2N3O2. The van der Waals surface area contributed by atoms with E-state index in [1.165, 1.54) is 13.0 Å². The Hall–Kier alpha value is -2.80. The van der Waals surface area contributed by atoms with Crippen LogP contribution in [0, 0.1) is 18.6 Å². The Morgan fingerprint density at radius 3 is 2.86 bits per heavy atom. The lowest BCUT2D eigenvalue weighted by atomic mass is 9.75. The summed E-state index contributed by atoms with van der Waals surface area (Å²) in [6.07, 6.45) is 3.31. The molecule has 2 aromatic carbocycles. The minimum absolute atomic E-state index is 0.0455. The van der Waals surface area contributed by atoms with Crippen molar-refractivity contribution in [3.63, 3.8) is 0 Å². The summed E-state index contributed by atoms with van der Waals surface area (Å²) in [6.45, 7) is 1.47. The fourth-order valence-corrected chi connectivity index (χ4v) is 4.60. The molecule has 1 aliphatic rings. The molecule has 2 atom stereocenters. The highest BCUT2D eigenvalue weighted by molar-refractivity contribution is 5.88. The monoisotopic (exact) mass is 385 g/mol. The molecule has 1 amide bonds. The van der Waals surface area contributed by atoms with Crippen molar-refractivity contribution in [2.24, 2.45) is 7.05 Å². The molecule has 1 heterocycles. The lowest BCUT2D eigenvalue weighted by Gasteiger charge is -2.29. The summed E-state index contributed by atoms with van der Waals surface area (Å²) in [5.74, 6) is -2.45. The van der Waals surface area contributed by atoms with Crippen molar-refractivity contribution in [1.82, 2.24) is 15.3 Å². The number of carbonyl (C=O) groups is 1. The van der Waals surface area contributed by atoms with Gasteiger partial charge in [-0.25, -0.2) is 14.3 Å².